The van der Waals surface area contributed by atoms with Crippen molar-refractivity contribution in [2.75, 3.05) is 43.1 Å². The number of sulfonamides is 1. The lowest BCUT2D eigenvalue weighted by Gasteiger charge is -2.34. The third-order valence-corrected chi connectivity index (χ3v) is 4.94. The Labute approximate surface area is 120 Å². The van der Waals surface area contributed by atoms with Crippen LogP contribution in [0.25, 0.3) is 0 Å². The molecule has 2 rings (SSSR count). The van der Waals surface area contributed by atoms with Gasteiger partial charge in [-0.3, -0.25) is 4.68 Å². The van der Waals surface area contributed by atoms with Gasteiger partial charge in [-0.2, -0.15) is 9.40 Å². The average Bonchev–Trinajstić information content (AvgIpc) is 2.64. The first-order valence-electron chi connectivity index (χ1n) is 6.74. The van der Waals surface area contributed by atoms with Crippen molar-refractivity contribution < 1.29 is 8.42 Å². The Kier molecular flexibility index (Phi) is 3.97. The van der Waals surface area contributed by atoms with Crippen LogP contribution in [0.4, 0.5) is 11.5 Å². The summed E-state index contributed by atoms with van der Waals surface area (Å²) in [4.78, 5) is 2.11. The fourth-order valence-electron chi connectivity index (χ4n) is 2.58. The van der Waals surface area contributed by atoms with Crippen molar-refractivity contribution in [3.05, 3.63) is 5.69 Å². The average molecular weight is 301 g/mol. The summed E-state index contributed by atoms with van der Waals surface area (Å²) < 4.78 is 26.3. The molecular weight excluding hydrogens is 278 g/mol. The highest BCUT2D eigenvalue weighted by atomic mass is 32.2. The predicted molar refractivity (Wildman–Crippen MR) is 80.3 cm³/mol. The molecule has 2 heterocycles. The highest BCUT2D eigenvalue weighted by Crippen LogP contribution is 2.31. The zero-order valence-electron chi connectivity index (χ0n) is 12.5. The maximum Gasteiger partial charge on any atom is 0.211 e. The summed E-state index contributed by atoms with van der Waals surface area (Å²) in [6.45, 7) is 6.36. The molecule has 1 aliphatic rings. The molecule has 20 heavy (non-hydrogen) atoms. The summed E-state index contributed by atoms with van der Waals surface area (Å²) in [6, 6.07) is 0. The van der Waals surface area contributed by atoms with Crippen molar-refractivity contribution >= 4 is 21.5 Å². The lowest BCUT2D eigenvalue weighted by atomic mass is 10.1. The summed E-state index contributed by atoms with van der Waals surface area (Å²) >= 11 is 0. The number of nitrogens with zero attached hydrogens (tertiary/aromatic N) is 4. The first-order chi connectivity index (χ1) is 9.21. The molecule has 114 valence electrons. The third-order valence-electron chi connectivity index (χ3n) is 3.64. The van der Waals surface area contributed by atoms with Gasteiger partial charge in [0.25, 0.3) is 0 Å². The Morgan fingerprint density at radius 1 is 1.20 bits per heavy atom. The van der Waals surface area contributed by atoms with Gasteiger partial charge in [-0.25, -0.2) is 8.42 Å². The molecule has 0 radical (unpaired) electrons. The quantitative estimate of drug-likeness (QED) is 0.862. The van der Waals surface area contributed by atoms with E-state index in [0.717, 1.165) is 11.5 Å². The second-order valence-corrected chi connectivity index (χ2v) is 7.53. The van der Waals surface area contributed by atoms with Crippen LogP contribution in [0.2, 0.25) is 0 Å². The molecule has 0 bridgehead atoms. The van der Waals surface area contributed by atoms with Crippen molar-refractivity contribution in [3.63, 3.8) is 0 Å². The molecule has 0 aromatic carbocycles. The Bertz CT molecular complexity index is 585. The van der Waals surface area contributed by atoms with Crippen LogP contribution < -0.4 is 10.6 Å². The minimum Gasteiger partial charge on any atom is -0.394 e. The fraction of sp³-hybridized carbons (Fsp3) is 0.750. The largest absolute Gasteiger partial charge is 0.394 e. The molecule has 1 aromatic heterocycles. The predicted octanol–water partition coefficient (Wildman–Crippen LogP) is 0.207. The standard InChI is InChI=1S/C12H23N5O2S/c1-9(2)11-10(13)12(15(3)14-11)16-5-7-17(8-6-16)20(4,18)19/h9H,5-8,13H2,1-4H3. The van der Waals surface area contributed by atoms with Crippen molar-refractivity contribution in [1.82, 2.24) is 14.1 Å². The number of hydrogen-bond donors (Lipinski definition) is 1. The lowest BCUT2D eigenvalue weighted by molar-refractivity contribution is 0.385. The number of nitrogens with two attached hydrogens (primary N) is 1. The smallest absolute Gasteiger partial charge is 0.211 e. The van der Waals surface area contributed by atoms with E-state index < -0.39 is 10.0 Å². The third kappa shape index (κ3) is 2.76. The zero-order valence-corrected chi connectivity index (χ0v) is 13.3. The fourth-order valence-corrected chi connectivity index (χ4v) is 3.41. The van der Waals surface area contributed by atoms with E-state index in [4.69, 9.17) is 5.73 Å². The van der Waals surface area contributed by atoms with E-state index in [1.807, 2.05) is 7.05 Å². The molecule has 7 nitrogen and oxygen atoms in total. The first-order valence-corrected chi connectivity index (χ1v) is 8.59. The number of aromatic nitrogens is 2. The zero-order chi connectivity index (χ0) is 15.1. The number of nitrogen functional groups attached to an aromatic ring is 1. The van der Waals surface area contributed by atoms with Gasteiger partial charge in [0, 0.05) is 33.2 Å². The van der Waals surface area contributed by atoms with E-state index in [9.17, 15) is 8.42 Å². The summed E-state index contributed by atoms with van der Waals surface area (Å²) in [5, 5.41) is 4.47. The van der Waals surface area contributed by atoms with E-state index in [-0.39, 0.29) is 5.92 Å². The van der Waals surface area contributed by atoms with E-state index in [2.05, 4.69) is 23.8 Å². The SMILES string of the molecule is CC(C)c1nn(C)c(N2CCN(S(C)(=O)=O)CC2)c1N. The molecular formula is C12H23N5O2S. The Balaban J connectivity index is 2.19. The van der Waals surface area contributed by atoms with Gasteiger partial charge in [0.15, 0.2) is 5.82 Å². The molecule has 2 N–H and O–H groups in total. The number of aryl methyl sites for hydroxylation is 1. The summed E-state index contributed by atoms with van der Waals surface area (Å²) in [7, 11) is -1.23. The van der Waals surface area contributed by atoms with Crippen LogP contribution in [-0.2, 0) is 17.1 Å². The second-order valence-electron chi connectivity index (χ2n) is 5.55. The highest BCUT2D eigenvalue weighted by Gasteiger charge is 2.27. The minimum absolute atomic E-state index is 0.271. The second kappa shape index (κ2) is 5.25. The Morgan fingerprint density at radius 3 is 2.15 bits per heavy atom. The molecule has 0 aliphatic carbocycles. The summed E-state index contributed by atoms with van der Waals surface area (Å²) in [5.41, 5.74) is 7.80. The van der Waals surface area contributed by atoms with Gasteiger partial charge >= 0.3 is 0 Å². The van der Waals surface area contributed by atoms with Crippen molar-refractivity contribution in [1.29, 1.82) is 0 Å². The van der Waals surface area contributed by atoms with Gasteiger partial charge in [0.2, 0.25) is 10.0 Å². The monoisotopic (exact) mass is 301 g/mol. The molecule has 0 amide bonds. The lowest BCUT2D eigenvalue weighted by Crippen LogP contribution is -2.49. The van der Waals surface area contributed by atoms with Crippen LogP contribution >= 0.6 is 0 Å². The van der Waals surface area contributed by atoms with Gasteiger partial charge < -0.3 is 10.6 Å². The molecule has 0 atom stereocenters. The first kappa shape index (κ1) is 15.1. The Morgan fingerprint density at radius 2 is 1.75 bits per heavy atom. The maximum absolute atomic E-state index is 11.5. The van der Waals surface area contributed by atoms with Gasteiger partial charge in [0.1, 0.15) is 0 Å². The van der Waals surface area contributed by atoms with E-state index in [0.29, 0.717) is 31.9 Å². The Hall–Kier alpha value is -1.28. The van der Waals surface area contributed by atoms with Gasteiger partial charge in [-0.05, 0) is 5.92 Å². The number of piperazine rings is 1. The molecule has 1 saturated heterocycles. The number of hydrogen-bond acceptors (Lipinski definition) is 5. The van der Waals surface area contributed by atoms with Crippen LogP contribution in [0.5, 0.6) is 0 Å². The minimum atomic E-state index is -3.11. The molecule has 0 unspecified atom stereocenters. The van der Waals surface area contributed by atoms with Crippen LogP contribution in [0.15, 0.2) is 0 Å². The van der Waals surface area contributed by atoms with E-state index >= 15 is 0 Å². The van der Waals surface area contributed by atoms with Crippen molar-refractivity contribution in [2.45, 2.75) is 19.8 Å². The van der Waals surface area contributed by atoms with Crippen LogP contribution in [0.3, 0.4) is 0 Å². The topological polar surface area (TPSA) is 84.5 Å². The highest BCUT2D eigenvalue weighted by molar-refractivity contribution is 7.88. The van der Waals surface area contributed by atoms with Crippen molar-refractivity contribution in [3.8, 4) is 0 Å². The van der Waals surface area contributed by atoms with E-state index in [1.54, 1.807) is 4.68 Å². The number of anilines is 2. The van der Waals surface area contributed by atoms with Crippen LogP contribution in [0.1, 0.15) is 25.5 Å². The van der Waals surface area contributed by atoms with E-state index in [1.165, 1.54) is 10.6 Å². The summed E-state index contributed by atoms with van der Waals surface area (Å²) in [6.07, 6.45) is 1.25. The molecule has 1 fully saturated rings. The normalized spacial score (nSPS) is 17.9. The van der Waals surface area contributed by atoms with Gasteiger partial charge in [-0.15, -0.1) is 0 Å². The number of rotatable bonds is 3. The molecule has 0 spiro atoms. The van der Waals surface area contributed by atoms with Gasteiger partial charge in [-0.1, -0.05) is 13.8 Å². The van der Waals surface area contributed by atoms with Crippen LogP contribution in [-0.4, -0.2) is 54.9 Å². The van der Waals surface area contributed by atoms with Crippen molar-refractivity contribution in [2.24, 2.45) is 7.05 Å². The molecule has 1 aliphatic heterocycles. The molecule has 0 saturated carbocycles. The molecule has 8 heteroatoms. The summed E-state index contributed by atoms with van der Waals surface area (Å²) in [5.74, 6) is 1.16. The maximum atomic E-state index is 11.5. The van der Waals surface area contributed by atoms with Crippen LogP contribution in [0, 0.1) is 0 Å². The molecule has 1 aromatic rings. The van der Waals surface area contributed by atoms with Gasteiger partial charge in [0.05, 0.1) is 17.6 Å².